The zero-order valence-electron chi connectivity index (χ0n) is 15.4. The van der Waals surface area contributed by atoms with Gasteiger partial charge in [-0.05, 0) is 44.9 Å². The van der Waals surface area contributed by atoms with Crippen LogP contribution >= 0.6 is 12.4 Å². The van der Waals surface area contributed by atoms with Gasteiger partial charge in [-0.3, -0.25) is 0 Å². The van der Waals surface area contributed by atoms with Crippen LogP contribution in [-0.4, -0.2) is 19.7 Å². The standard InChI is InChI=1S/C22H29NO.ClH/c1-4-6-9-18-21(23-3)22(24-5-2,19-14-10-7-11-15-19)20-16-12-8-13-17-20;/h4,6-8,10-17,21,23H,5,9,18H2,1-3H3;1H. The predicted octanol–water partition coefficient (Wildman–Crippen LogP) is 5.33. The SMILES string of the molecule is CC=CCCC(NC)C(OCC)(c1ccccc1)c1ccccc1.Cl. The number of hydrogen-bond acceptors (Lipinski definition) is 2. The monoisotopic (exact) mass is 359 g/mol. The number of halogens is 1. The predicted molar refractivity (Wildman–Crippen MR) is 109 cm³/mol. The summed E-state index contributed by atoms with van der Waals surface area (Å²) in [7, 11) is 2.03. The van der Waals surface area contributed by atoms with Gasteiger partial charge in [0, 0.05) is 12.6 Å². The van der Waals surface area contributed by atoms with Crippen molar-refractivity contribution in [3.05, 3.63) is 83.9 Å². The molecule has 2 aromatic carbocycles. The summed E-state index contributed by atoms with van der Waals surface area (Å²) in [5.41, 5.74) is 1.89. The first-order chi connectivity index (χ1) is 11.8. The van der Waals surface area contributed by atoms with E-state index < -0.39 is 5.60 Å². The number of likely N-dealkylation sites (N-methyl/N-ethyl adjacent to an activating group) is 1. The number of rotatable bonds is 9. The fraction of sp³-hybridized carbons (Fsp3) is 0.364. The summed E-state index contributed by atoms with van der Waals surface area (Å²) < 4.78 is 6.50. The Morgan fingerprint density at radius 2 is 1.52 bits per heavy atom. The minimum atomic E-state index is -0.492. The van der Waals surface area contributed by atoms with Crippen molar-refractivity contribution in [3.63, 3.8) is 0 Å². The number of ether oxygens (including phenoxy) is 1. The molecule has 0 heterocycles. The topological polar surface area (TPSA) is 21.3 Å². The number of hydrogen-bond donors (Lipinski definition) is 1. The van der Waals surface area contributed by atoms with Crippen LogP contribution in [-0.2, 0) is 10.3 Å². The molecule has 1 atom stereocenters. The van der Waals surface area contributed by atoms with Gasteiger partial charge in [0.15, 0.2) is 0 Å². The maximum Gasteiger partial charge on any atom is 0.133 e. The Hall–Kier alpha value is -1.61. The molecule has 0 aliphatic carbocycles. The smallest absolute Gasteiger partial charge is 0.133 e. The average molecular weight is 360 g/mol. The zero-order chi connectivity index (χ0) is 17.3. The molecule has 1 N–H and O–H groups in total. The van der Waals surface area contributed by atoms with Crippen LogP contribution in [0, 0.1) is 0 Å². The normalized spacial score (nSPS) is 12.8. The van der Waals surface area contributed by atoms with Crippen molar-refractivity contribution >= 4 is 12.4 Å². The molecular formula is C22H30ClNO. The molecule has 0 fully saturated rings. The van der Waals surface area contributed by atoms with Gasteiger partial charge in [-0.2, -0.15) is 0 Å². The highest BCUT2D eigenvalue weighted by molar-refractivity contribution is 5.85. The zero-order valence-corrected chi connectivity index (χ0v) is 16.3. The quantitative estimate of drug-likeness (QED) is 0.611. The van der Waals surface area contributed by atoms with E-state index in [2.05, 4.69) is 92.0 Å². The Bertz CT molecular complexity index is 573. The van der Waals surface area contributed by atoms with Crippen LogP contribution in [0.2, 0.25) is 0 Å². The summed E-state index contributed by atoms with van der Waals surface area (Å²) in [6.45, 7) is 4.80. The maximum absolute atomic E-state index is 6.50. The largest absolute Gasteiger partial charge is 0.364 e. The molecule has 0 saturated carbocycles. The first-order valence-electron chi connectivity index (χ1n) is 8.83. The first kappa shape index (κ1) is 21.4. The third-order valence-corrected chi connectivity index (χ3v) is 4.47. The third kappa shape index (κ3) is 4.94. The fourth-order valence-electron chi connectivity index (χ4n) is 3.42. The summed E-state index contributed by atoms with van der Waals surface area (Å²) in [6.07, 6.45) is 6.36. The number of benzene rings is 2. The lowest BCUT2D eigenvalue weighted by Crippen LogP contribution is -2.50. The van der Waals surface area contributed by atoms with E-state index >= 15 is 0 Å². The minimum Gasteiger partial charge on any atom is -0.364 e. The number of allylic oxidation sites excluding steroid dienone is 2. The van der Waals surface area contributed by atoms with E-state index in [1.54, 1.807) is 0 Å². The van der Waals surface area contributed by atoms with Crippen LogP contribution in [0.4, 0.5) is 0 Å². The molecule has 2 nitrogen and oxygen atoms in total. The van der Waals surface area contributed by atoms with E-state index in [0.29, 0.717) is 6.61 Å². The van der Waals surface area contributed by atoms with Crippen LogP contribution in [0.3, 0.4) is 0 Å². The van der Waals surface area contributed by atoms with E-state index in [-0.39, 0.29) is 18.4 Å². The lowest BCUT2D eigenvalue weighted by Gasteiger charge is -2.41. The van der Waals surface area contributed by atoms with Crippen LogP contribution in [0.15, 0.2) is 72.8 Å². The van der Waals surface area contributed by atoms with Crippen molar-refractivity contribution in [3.8, 4) is 0 Å². The Balaban J connectivity index is 0.00000312. The van der Waals surface area contributed by atoms with Crippen LogP contribution in [0.5, 0.6) is 0 Å². The highest BCUT2D eigenvalue weighted by atomic mass is 35.5. The Labute approximate surface area is 158 Å². The molecule has 3 heteroatoms. The van der Waals surface area contributed by atoms with Gasteiger partial charge >= 0.3 is 0 Å². The van der Waals surface area contributed by atoms with Gasteiger partial charge in [0.2, 0.25) is 0 Å². The lowest BCUT2D eigenvalue weighted by atomic mass is 9.78. The molecule has 136 valence electrons. The van der Waals surface area contributed by atoms with Crippen molar-refractivity contribution in [2.45, 2.75) is 38.3 Å². The second-order valence-corrected chi connectivity index (χ2v) is 5.89. The molecular weight excluding hydrogens is 330 g/mol. The third-order valence-electron chi connectivity index (χ3n) is 4.47. The first-order valence-corrected chi connectivity index (χ1v) is 8.83. The van der Waals surface area contributed by atoms with E-state index in [0.717, 1.165) is 12.8 Å². The summed E-state index contributed by atoms with van der Waals surface area (Å²) in [6, 6.07) is 21.3. The Morgan fingerprint density at radius 1 is 1.00 bits per heavy atom. The van der Waals surface area contributed by atoms with Gasteiger partial charge in [0.1, 0.15) is 5.60 Å². The molecule has 2 rings (SSSR count). The molecule has 25 heavy (non-hydrogen) atoms. The van der Waals surface area contributed by atoms with Crippen molar-refractivity contribution < 1.29 is 4.74 Å². The molecule has 0 aliphatic rings. The van der Waals surface area contributed by atoms with Gasteiger partial charge < -0.3 is 10.1 Å². The van der Waals surface area contributed by atoms with E-state index in [9.17, 15) is 0 Å². The van der Waals surface area contributed by atoms with Crippen molar-refractivity contribution in [2.75, 3.05) is 13.7 Å². The second-order valence-electron chi connectivity index (χ2n) is 5.89. The average Bonchev–Trinajstić information content (AvgIpc) is 2.65. The second kappa shape index (κ2) is 11.1. The van der Waals surface area contributed by atoms with Crippen molar-refractivity contribution in [1.29, 1.82) is 0 Å². The van der Waals surface area contributed by atoms with Gasteiger partial charge in [-0.25, -0.2) is 0 Å². The van der Waals surface area contributed by atoms with E-state index in [1.165, 1.54) is 11.1 Å². The maximum atomic E-state index is 6.50. The highest BCUT2D eigenvalue weighted by Crippen LogP contribution is 2.38. The summed E-state index contributed by atoms with van der Waals surface area (Å²) in [5, 5.41) is 3.52. The molecule has 0 aromatic heterocycles. The summed E-state index contributed by atoms with van der Waals surface area (Å²) >= 11 is 0. The van der Waals surface area contributed by atoms with Gasteiger partial charge in [-0.15, -0.1) is 12.4 Å². The van der Waals surface area contributed by atoms with Gasteiger partial charge in [0.05, 0.1) is 0 Å². The molecule has 0 aliphatic heterocycles. The lowest BCUT2D eigenvalue weighted by molar-refractivity contribution is -0.0401. The molecule has 0 saturated heterocycles. The summed E-state index contributed by atoms with van der Waals surface area (Å²) in [5.74, 6) is 0. The van der Waals surface area contributed by atoms with Gasteiger partial charge in [-0.1, -0.05) is 72.8 Å². The summed E-state index contributed by atoms with van der Waals surface area (Å²) in [4.78, 5) is 0. The minimum absolute atomic E-state index is 0. The molecule has 0 amide bonds. The Morgan fingerprint density at radius 3 is 1.92 bits per heavy atom. The molecule has 2 aromatic rings. The molecule has 0 radical (unpaired) electrons. The fourth-order valence-corrected chi connectivity index (χ4v) is 3.42. The Kier molecular flexibility index (Phi) is 9.51. The molecule has 1 unspecified atom stereocenters. The molecule has 0 bridgehead atoms. The van der Waals surface area contributed by atoms with Crippen LogP contribution in [0.1, 0.15) is 37.8 Å². The van der Waals surface area contributed by atoms with E-state index in [1.807, 2.05) is 7.05 Å². The van der Waals surface area contributed by atoms with Crippen LogP contribution in [0.25, 0.3) is 0 Å². The van der Waals surface area contributed by atoms with Gasteiger partial charge in [0.25, 0.3) is 0 Å². The molecule has 0 spiro atoms. The van der Waals surface area contributed by atoms with Crippen LogP contribution < -0.4 is 5.32 Å². The van der Waals surface area contributed by atoms with Crippen molar-refractivity contribution in [2.24, 2.45) is 0 Å². The van der Waals surface area contributed by atoms with E-state index in [4.69, 9.17) is 4.74 Å². The highest BCUT2D eigenvalue weighted by Gasteiger charge is 2.41. The number of nitrogens with one attached hydrogen (secondary N) is 1. The van der Waals surface area contributed by atoms with Crippen molar-refractivity contribution in [1.82, 2.24) is 5.32 Å².